The summed E-state index contributed by atoms with van der Waals surface area (Å²) in [5.41, 5.74) is 2.61. The van der Waals surface area contributed by atoms with Gasteiger partial charge in [-0.25, -0.2) is 4.98 Å². The minimum absolute atomic E-state index is 0.249. The van der Waals surface area contributed by atoms with Gasteiger partial charge in [0.2, 0.25) is 0 Å². The highest BCUT2D eigenvalue weighted by Gasteiger charge is 2.18. The van der Waals surface area contributed by atoms with E-state index in [2.05, 4.69) is 10.3 Å². The first-order valence-electron chi connectivity index (χ1n) is 8.16. The fraction of sp³-hybridized carbons (Fsp3) is 0.0500. The van der Waals surface area contributed by atoms with E-state index in [1.807, 2.05) is 70.3 Å². The number of carbonyl (C=O) groups is 2. The number of fused-ring (bicyclic) bond motifs is 1. The Bertz CT molecular complexity index is 992. The number of nitrogens with zero attached hydrogens (tertiary/aromatic N) is 3. The van der Waals surface area contributed by atoms with Gasteiger partial charge < -0.3 is 14.8 Å². The zero-order valence-corrected chi connectivity index (χ0v) is 13.9. The molecule has 3 aromatic rings. The lowest BCUT2D eigenvalue weighted by Gasteiger charge is -2.25. The van der Waals surface area contributed by atoms with E-state index in [0.717, 1.165) is 17.7 Å². The first-order valence-corrected chi connectivity index (χ1v) is 8.16. The molecule has 0 saturated heterocycles. The number of anilines is 2. The molecule has 6 nitrogen and oxygen atoms in total. The quantitative estimate of drug-likeness (QED) is 0.737. The Balaban J connectivity index is 1.53. The topological polar surface area (TPSA) is 67.2 Å². The molecule has 128 valence electrons. The van der Waals surface area contributed by atoms with Crippen LogP contribution in [0.2, 0.25) is 0 Å². The molecule has 26 heavy (non-hydrogen) atoms. The summed E-state index contributed by atoms with van der Waals surface area (Å²) in [4.78, 5) is 29.8. The number of aldehydes is 1. The van der Waals surface area contributed by atoms with E-state index in [1.165, 1.54) is 0 Å². The number of nitrogens with one attached hydrogen (secondary N) is 1. The van der Waals surface area contributed by atoms with Crippen molar-refractivity contribution in [3.8, 4) is 0 Å². The average molecular weight is 344 g/mol. The van der Waals surface area contributed by atoms with E-state index in [-0.39, 0.29) is 5.91 Å². The Hall–Kier alpha value is -3.67. The first-order chi connectivity index (χ1) is 12.7. The van der Waals surface area contributed by atoms with Crippen LogP contribution in [0.3, 0.4) is 0 Å². The van der Waals surface area contributed by atoms with Crippen LogP contribution >= 0.6 is 0 Å². The number of hydrogen-bond acceptors (Lipinski definition) is 4. The Kier molecular flexibility index (Phi) is 4.07. The molecule has 2 heterocycles. The van der Waals surface area contributed by atoms with Gasteiger partial charge in [0.05, 0.1) is 0 Å². The lowest BCUT2D eigenvalue weighted by atomic mass is 10.2. The molecule has 0 radical (unpaired) electrons. The average Bonchev–Trinajstić information content (AvgIpc) is 3.12. The number of carbonyl (C=O) groups excluding carboxylic acids is 2. The van der Waals surface area contributed by atoms with Gasteiger partial charge in [-0.05, 0) is 30.3 Å². The smallest absolute Gasteiger partial charge is 0.275 e. The van der Waals surface area contributed by atoms with Crippen LogP contribution in [0.25, 0.3) is 6.08 Å². The third-order valence-electron chi connectivity index (χ3n) is 4.12. The highest BCUT2D eigenvalue weighted by Crippen LogP contribution is 2.22. The van der Waals surface area contributed by atoms with Crippen molar-refractivity contribution in [3.63, 3.8) is 0 Å². The molecule has 0 aliphatic carbocycles. The van der Waals surface area contributed by atoms with Crippen molar-refractivity contribution >= 4 is 29.6 Å². The lowest BCUT2D eigenvalue weighted by Crippen LogP contribution is -2.23. The van der Waals surface area contributed by atoms with E-state index in [9.17, 15) is 9.59 Å². The van der Waals surface area contributed by atoms with Crippen molar-refractivity contribution < 1.29 is 9.59 Å². The lowest BCUT2D eigenvalue weighted by molar-refractivity contribution is 0.102. The number of hydrogen-bond donors (Lipinski definition) is 1. The molecule has 6 heteroatoms. The molecule has 0 spiro atoms. The van der Waals surface area contributed by atoms with Crippen LogP contribution in [0.4, 0.5) is 11.4 Å². The van der Waals surface area contributed by atoms with Crippen molar-refractivity contribution in [2.75, 3.05) is 10.2 Å². The Morgan fingerprint density at radius 2 is 1.96 bits per heavy atom. The third kappa shape index (κ3) is 3.12. The zero-order valence-electron chi connectivity index (χ0n) is 13.9. The predicted octanol–water partition coefficient (Wildman–Crippen LogP) is 3.40. The number of aromatic nitrogens is 2. The highest BCUT2D eigenvalue weighted by molar-refractivity contribution is 6.02. The van der Waals surface area contributed by atoms with Crippen LogP contribution in [0.1, 0.15) is 26.7 Å². The van der Waals surface area contributed by atoms with Crippen molar-refractivity contribution in [1.82, 2.24) is 9.55 Å². The van der Waals surface area contributed by atoms with Gasteiger partial charge in [-0.2, -0.15) is 0 Å². The summed E-state index contributed by atoms with van der Waals surface area (Å²) in [7, 11) is 0. The van der Waals surface area contributed by atoms with Crippen LogP contribution < -0.4 is 10.2 Å². The molecule has 0 saturated carbocycles. The van der Waals surface area contributed by atoms with E-state index >= 15 is 0 Å². The SMILES string of the molecule is O=Cc1cccc(N2C=Cc3nc(C(=O)Nc4ccccc4)cn3C2)c1. The normalized spacial score (nSPS) is 12.5. The fourth-order valence-electron chi connectivity index (χ4n) is 2.81. The van der Waals surface area contributed by atoms with Crippen molar-refractivity contribution in [3.05, 3.63) is 84.1 Å². The molecule has 4 rings (SSSR count). The molecule has 1 aromatic heterocycles. The Labute approximate surface area is 150 Å². The molecule has 0 unspecified atom stereocenters. The fourth-order valence-corrected chi connectivity index (χ4v) is 2.81. The van der Waals surface area contributed by atoms with Gasteiger partial charge in [-0.3, -0.25) is 9.59 Å². The summed E-state index contributed by atoms with van der Waals surface area (Å²) in [5.74, 6) is 0.465. The summed E-state index contributed by atoms with van der Waals surface area (Å²) in [6.45, 7) is 0.514. The largest absolute Gasteiger partial charge is 0.329 e. The maximum atomic E-state index is 12.4. The predicted molar refractivity (Wildman–Crippen MR) is 100.0 cm³/mol. The van der Waals surface area contributed by atoms with Gasteiger partial charge >= 0.3 is 0 Å². The number of benzene rings is 2. The summed E-state index contributed by atoms with van der Waals surface area (Å²) >= 11 is 0. The summed E-state index contributed by atoms with van der Waals surface area (Å²) < 4.78 is 1.90. The molecule has 1 N–H and O–H groups in total. The van der Waals surface area contributed by atoms with E-state index in [1.54, 1.807) is 12.3 Å². The minimum Gasteiger partial charge on any atom is -0.329 e. The maximum absolute atomic E-state index is 12.4. The van der Waals surface area contributed by atoms with Gasteiger partial charge in [0.15, 0.2) is 0 Å². The van der Waals surface area contributed by atoms with Gasteiger partial charge in [0.25, 0.3) is 5.91 Å². The summed E-state index contributed by atoms with van der Waals surface area (Å²) in [6.07, 6.45) is 6.29. The molecule has 2 aromatic carbocycles. The highest BCUT2D eigenvalue weighted by atomic mass is 16.2. The van der Waals surface area contributed by atoms with Crippen LogP contribution in [-0.2, 0) is 6.67 Å². The van der Waals surface area contributed by atoms with Crippen molar-refractivity contribution in [1.29, 1.82) is 0 Å². The second-order valence-corrected chi connectivity index (χ2v) is 5.91. The molecule has 1 aliphatic heterocycles. The number of imidazole rings is 1. The molecule has 1 amide bonds. The van der Waals surface area contributed by atoms with Gasteiger partial charge in [0.1, 0.15) is 24.5 Å². The monoisotopic (exact) mass is 344 g/mol. The molecule has 0 fully saturated rings. The second-order valence-electron chi connectivity index (χ2n) is 5.91. The first kappa shape index (κ1) is 15.8. The molecule has 0 atom stereocenters. The maximum Gasteiger partial charge on any atom is 0.275 e. The second kappa shape index (κ2) is 6.68. The van der Waals surface area contributed by atoms with Gasteiger partial charge in [-0.1, -0.05) is 30.3 Å². The van der Waals surface area contributed by atoms with Crippen molar-refractivity contribution in [2.45, 2.75) is 6.67 Å². The van der Waals surface area contributed by atoms with E-state index in [0.29, 0.717) is 23.8 Å². The van der Waals surface area contributed by atoms with Crippen LogP contribution in [0.15, 0.2) is 67.0 Å². The Morgan fingerprint density at radius 1 is 1.12 bits per heavy atom. The van der Waals surface area contributed by atoms with Crippen molar-refractivity contribution in [2.24, 2.45) is 0 Å². The third-order valence-corrected chi connectivity index (χ3v) is 4.12. The molecule has 0 bridgehead atoms. The van der Waals surface area contributed by atoms with Crippen LogP contribution in [0, 0.1) is 0 Å². The molecular weight excluding hydrogens is 328 g/mol. The number of para-hydroxylation sites is 1. The van der Waals surface area contributed by atoms with E-state index < -0.39 is 0 Å². The van der Waals surface area contributed by atoms with Gasteiger partial charge in [-0.15, -0.1) is 0 Å². The van der Waals surface area contributed by atoms with Gasteiger partial charge in [0, 0.05) is 29.3 Å². The van der Waals surface area contributed by atoms with E-state index in [4.69, 9.17) is 0 Å². The van der Waals surface area contributed by atoms with Crippen LogP contribution in [0.5, 0.6) is 0 Å². The number of rotatable bonds is 4. The standard InChI is InChI=1S/C20H16N4O2/c25-13-15-5-4-8-17(11-15)23-10-9-19-22-18(12-24(19)14-23)20(26)21-16-6-2-1-3-7-16/h1-13H,14H2,(H,21,26). The van der Waals surface area contributed by atoms with Crippen LogP contribution in [-0.4, -0.2) is 21.7 Å². The zero-order chi connectivity index (χ0) is 17.9. The summed E-state index contributed by atoms with van der Waals surface area (Å²) in [5, 5.41) is 2.83. The summed E-state index contributed by atoms with van der Waals surface area (Å²) in [6, 6.07) is 16.6. The molecular formula is C20H16N4O2. The number of amides is 1. The molecule has 1 aliphatic rings. The minimum atomic E-state index is -0.249. The Morgan fingerprint density at radius 3 is 2.77 bits per heavy atom.